The second kappa shape index (κ2) is 5.54. The summed E-state index contributed by atoms with van der Waals surface area (Å²) in [5, 5.41) is 12.4. The molecule has 0 saturated carbocycles. The van der Waals surface area contributed by atoms with Crippen molar-refractivity contribution in [3.05, 3.63) is 59.2 Å². The molecule has 0 aliphatic rings. The minimum absolute atomic E-state index is 0.262. The van der Waals surface area contributed by atoms with E-state index in [0.717, 1.165) is 16.8 Å². The Morgan fingerprint density at radius 2 is 2.00 bits per heavy atom. The molecule has 0 aliphatic heterocycles. The van der Waals surface area contributed by atoms with Crippen LogP contribution in [0.1, 0.15) is 21.5 Å². The number of nitrogens with one attached hydrogen (secondary N) is 1. The number of nitrogens with two attached hydrogens (primary N) is 1. The van der Waals surface area contributed by atoms with E-state index in [4.69, 9.17) is 5.73 Å². The van der Waals surface area contributed by atoms with Crippen molar-refractivity contribution in [1.29, 1.82) is 0 Å². The van der Waals surface area contributed by atoms with Gasteiger partial charge in [-0.25, -0.2) is 4.79 Å². The number of rotatable bonds is 4. The molecule has 0 spiro atoms. The number of hydrogen-bond donors (Lipinski definition) is 3. The van der Waals surface area contributed by atoms with E-state index in [2.05, 4.69) is 5.32 Å². The number of hydrogen-bond acceptors (Lipinski definition) is 3. The lowest BCUT2D eigenvalue weighted by atomic mass is 10.1. The monoisotopic (exact) mass is 256 g/mol. The van der Waals surface area contributed by atoms with E-state index in [1.807, 2.05) is 37.3 Å². The van der Waals surface area contributed by atoms with Crippen LogP contribution in [0.25, 0.3) is 0 Å². The molecule has 0 radical (unpaired) electrons. The van der Waals surface area contributed by atoms with E-state index >= 15 is 0 Å². The van der Waals surface area contributed by atoms with Crippen LogP contribution >= 0.6 is 0 Å². The van der Waals surface area contributed by atoms with Crippen LogP contribution in [0.5, 0.6) is 0 Å². The SMILES string of the molecule is Cc1cccc(C(=O)O)c1Nc1cccc(CN)c1. The molecule has 0 heterocycles. The Morgan fingerprint density at radius 1 is 1.26 bits per heavy atom. The molecule has 4 nitrogen and oxygen atoms in total. The fourth-order valence-electron chi connectivity index (χ4n) is 1.93. The molecule has 0 unspecified atom stereocenters. The third-order valence-electron chi connectivity index (χ3n) is 2.94. The summed E-state index contributed by atoms with van der Waals surface area (Å²) in [4.78, 5) is 11.2. The molecule has 0 fully saturated rings. The molecule has 0 amide bonds. The van der Waals surface area contributed by atoms with Gasteiger partial charge in [0.2, 0.25) is 0 Å². The van der Waals surface area contributed by atoms with Gasteiger partial charge in [0.25, 0.3) is 0 Å². The second-order valence-electron chi connectivity index (χ2n) is 4.33. The fraction of sp³-hybridized carbons (Fsp3) is 0.133. The van der Waals surface area contributed by atoms with Crippen molar-refractivity contribution in [3.8, 4) is 0 Å². The molecule has 98 valence electrons. The van der Waals surface area contributed by atoms with Gasteiger partial charge in [-0.15, -0.1) is 0 Å². The van der Waals surface area contributed by atoms with Gasteiger partial charge in [0.15, 0.2) is 0 Å². The van der Waals surface area contributed by atoms with Crippen molar-refractivity contribution in [2.24, 2.45) is 5.73 Å². The number of carboxylic acid groups (broad SMARTS) is 1. The zero-order valence-corrected chi connectivity index (χ0v) is 10.7. The fourth-order valence-corrected chi connectivity index (χ4v) is 1.93. The predicted octanol–water partition coefficient (Wildman–Crippen LogP) is 2.90. The predicted molar refractivity (Wildman–Crippen MR) is 75.8 cm³/mol. The van der Waals surface area contributed by atoms with Crippen molar-refractivity contribution in [2.75, 3.05) is 5.32 Å². The number of para-hydroxylation sites is 1. The number of carboxylic acids is 1. The molecular formula is C15H16N2O2. The minimum atomic E-state index is -0.943. The number of carbonyl (C=O) groups is 1. The summed E-state index contributed by atoms with van der Waals surface area (Å²) < 4.78 is 0. The lowest BCUT2D eigenvalue weighted by Gasteiger charge is -2.13. The maximum absolute atomic E-state index is 11.2. The molecular weight excluding hydrogens is 240 g/mol. The average Bonchev–Trinajstić information content (AvgIpc) is 2.41. The Labute approximate surface area is 111 Å². The van der Waals surface area contributed by atoms with Crippen LogP contribution in [-0.2, 0) is 6.54 Å². The first-order valence-electron chi connectivity index (χ1n) is 6.00. The van der Waals surface area contributed by atoms with E-state index < -0.39 is 5.97 Å². The van der Waals surface area contributed by atoms with Crippen LogP contribution in [-0.4, -0.2) is 11.1 Å². The summed E-state index contributed by atoms with van der Waals surface area (Å²) >= 11 is 0. The average molecular weight is 256 g/mol. The summed E-state index contributed by atoms with van der Waals surface area (Å²) in [5.74, 6) is -0.943. The van der Waals surface area contributed by atoms with Crippen LogP contribution in [0.15, 0.2) is 42.5 Å². The molecule has 0 aliphatic carbocycles. The molecule has 0 aromatic heterocycles. The molecule has 2 aromatic carbocycles. The van der Waals surface area contributed by atoms with Crippen LogP contribution < -0.4 is 11.1 Å². The van der Waals surface area contributed by atoms with Gasteiger partial charge in [-0.1, -0.05) is 24.3 Å². The maximum atomic E-state index is 11.2. The third-order valence-corrected chi connectivity index (χ3v) is 2.94. The number of aryl methyl sites for hydroxylation is 1. The Kier molecular flexibility index (Phi) is 3.82. The minimum Gasteiger partial charge on any atom is -0.478 e. The molecule has 4 N–H and O–H groups in total. The Bertz CT molecular complexity index is 609. The summed E-state index contributed by atoms with van der Waals surface area (Å²) in [7, 11) is 0. The molecule has 4 heteroatoms. The normalized spacial score (nSPS) is 10.2. The van der Waals surface area contributed by atoms with Crippen LogP contribution in [0, 0.1) is 6.92 Å². The summed E-state index contributed by atoms with van der Waals surface area (Å²) in [5.41, 5.74) is 9.19. The number of aromatic carboxylic acids is 1. The third kappa shape index (κ3) is 2.92. The van der Waals surface area contributed by atoms with Gasteiger partial charge in [0, 0.05) is 12.2 Å². The van der Waals surface area contributed by atoms with Crippen molar-refractivity contribution >= 4 is 17.3 Å². The number of benzene rings is 2. The van der Waals surface area contributed by atoms with Gasteiger partial charge in [-0.05, 0) is 36.2 Å². The molecule has 0 bridgehead atoms. The van der Waals surface area contributed by atoms with Crippen molar-refractivity contribution in [3.63, 3.8) is 0 Å². The van der Waals surface area contributed by atoms with Gasteiger partial charge < -0.3 is 16.2 Å². The van der Waals surface area contributed by atoms with Gasteiger partial charge in [-0.3, -0.25) is 0 Å². The molecule has 2 aromatic rings. The summed E-state index contributed by atoms with van der Waals surface area (Å²) in [6.07, 6.45) is 0. The van der Waals surface area contributed by atoms with Crippen LogP contribution in [0.3, 0.4) is 0 Å². The lowest BCUT2D eigenvalue weighted by Crippen LogP contribution is -2.05. The molecule has 2 rings (SSSR count). The van der Waals surface area contributed by atoms with Gasteiger partial charge in [0.05, 0.1) is 11.3 Å². The Morgan fingerprint density at radius 3 is 2.68 bits per heavy atom. The Hall–Kier alpha value is -2.33. The van der Waals surface area contributed by atoms with Crippen LogP contribution in [0.2, 0.25) is 0 Å². The van der Waals surface area contributed by atoms with Crippen LogP contribution in [0.4, 0.5) is 11.4 Å². The largest absolute Gasteiger partial charge is 0.478 e. The van der Waals surface area contributed by atoms with E-state index in [9.17, 15) is 9.90 Å². The maximum Gasteiger partial charge on any atom is 0.337 e. The smallest absolute Gasteiger partial charge is 0.337 e. The Balaban J connectivity index is 2.40. The quantitative estimate of drug-likeness (QED) is 0.786. The summed E-state index contributed by atoms with van der Waals surface area (Å²) in [6.45, 7) is 2.33. The van der Waals surface area contributed by atoms with Gasteiger partial charge in [0.1, 0.15) is 0 Å². The van der Waals surface area contributed by atoms with E-state index in [1.54, 1.807) is 12.1 Å². The highest BCUT2D eigenvalue weighted by molar-refractivity contribution is 5.96. The van der Waals surface area contributed by atoms with E-state index in [-0.39, 0.29) is 5.56 Å². The standard InChI is InChI=1S/C15H16N2O2/c1-10-4-2-7-13(15(18)19)14(10)17-12-6-3-5-11(8-12)9-16/h2-8,17H,9,16H2,1H3,(H,18,19). The molecule has 19 heavy (non-hydrogen) atoms. The molecule has 0 atom stereocenters. The first kappa shape index (κ1) is 13.1. The highest BCUT2D eigenvalue weighted by Crippen LogP contribution is 2.25. The first-order chi connectivity index (χ1) is 9.11. The zero-order valence-electron chi connectivity index (χ0n) is 10.7. The lowest BCUT2D eigenvalue weighted by molar-refractivity contribution is 0.0698. The van der Waals surface area contributed by atoms with Crippen molar-refractivity contribution in [2.45, 2.75) is 13.5 Å². The first-order valence-corrected chi connectivity index (χ1v) is 6.00. The topological polar surface area (TPSA) is 75.3 Å². The van der Waals surface area contributed by atoms with E-state index in [1.165, 1.54) is 0 Å². The van der Waals surface area contributed by atoms with Gasteiger partial charge >= 0.3 is 5.97 Å². The second-order valence-corrected chi connectivity index (χ2v) is 4.33. The van der Waals surface area contributed by atoms with Gasteiger partial charge in [-0.2, -0.15) is 0 Å². The highest BCUT2D eigenvalue weighted by Gasteiger charge is 2.12. The van der Waals surface area contributed by atoms with E-state index in [0.29, 0.717) is 12.2 Å². The highest BCUT2D eigenvalue weighted by atomic mass is 16.4. The van der Waals surface area contributed by atoms with Crippen molar-refractivity contribution < 1.29 is 9.90 Å². The van der Waals surface area contributed by atoms with Crippen molar-refractivity contribution in [1.82, 2.24) is 0 Å². The summed E-state index contributed by atoms with van der Waals surface area (Å²) in [6, 6.07) is 12.8. The molecule has 0 saturated heterocycles. The zero-order chi connectivity index (χ0) is 13.8. The number of anilines is 2.